The molecule has 0 saturated carbocycles. The lowest BCUT2D eigenvalue weighted by atomic mass is 10.0. The Morgan fingerprint density at radius 1 is 1.11 bits per heavy atom. The molecule has 0 bridgehead atoms. The summed E-state index contributed by atoms with van der Waals surface area (Å²) in [5.74, 6) is 0. The van der Waals surface area contributed by atoms with Gasteiger partial charge in [0, 0.05) is 25.2 Å². The zero-order chi connectivity index (χ0) is 13.2. The van der Waals surface area contributed by atoms with E-state index >= 15 is 0 Å². The zero-order valence-electron chi connectivity index (χ0n) is 12.6. The summed E-state index contributed by atoms with van der Waals surface area (Å²) >= 11 is 0. The monoisotopic (exact) mass is 254 g/mol. The molecule has 0 aromatic heterocycles. The highest BCUT2D eigenvalue weighted by Crippen LogP contribution is 2.06. The normalized spacial score (nSPS) is 19.3. The van der Waals surface area contributed by atoms with Gasteiger partial charge in [0.2, 0.25) is 0 Å². The molecule has 1 N–H and O–H groups in total. The first-order chi connectivity index (χ1) is 8.76. The summed E-state index contributed by atoms with van der Waals surface area (Å²) in [4.78, 5) is 2.61. The number of piperidine rings is 1. The van der Waals surface area contributed by atoms with Crippen molar-refractivity contribution in [3.8, 4) is 0 Å². The molecule has 0 aromatic rings. The Morgan fingerprint density at radius 2 is 1.72 bits per heavy atom. The van der Waals surface area contributed by atoms with Crippen LogP contribution in [-0.4, -0.2) is 49.7 Å². The first kappa shape index (κ1) is 15.9. The highest BCUT2D eigenvalue weighted by atomic mass is 15.1. The first-order valence-electron chi connectivity index (χ1n) is 7.87. The third kappa shape index (κ3) is 6.72. The molecule has 3 heteroatoms. The van der Waals surface area contributed by atoms with Gasteiger partial charge in [-0.25, -0.2) is 5.32 Å². The molecule has 1 unspecified atom stereocenters. The molecule has 18 heavy (non-hydrogen) atoms. The highest BCUT2D eigenvalue weighted by molar-refractivity contribution is 4.77. The predicted molar refractivity (Wildman–Crippen MR) is 79.1 cm³/mol. The van der Waals surface area contributed by atoms with Crippen LogP contribution in [0.25, 0.3) is 0 Å². The topological polar surface area (TPSA) is 29.4 Å². The molecular weight excluding hydrogens is 222 g/mol. The molecule has 1 heterocycles. The van der Waals surface area contributed by atoms with Crippen molar-refractivity contribution in [1.82, 2.24) is 15.5 Å². The van der Waals surface area contributed by atoms with E-state index in [4.69, 9.17) is 0 Å². The molecule has 3 nitrogen and oxygen atoms in total. The summed E-state index contributed by atoms with van der Waals surface area (Å²) < 4.78 is 0. The molecule has 1 aliphatic heterocycles. The minimum absolute atomic E-state index is 0.643. The summed E-state index contributed by atoms with van der Waals surface area (Å²) in [5, 5.41) is 8.18. The van der Waals surface area contributed by atoms with E-state index in [9.17, 15) is 0 Å². The number of rotatable bonds is 9. The van der Waals surface area contributed by atoms with Crippen molar-refractivity contribution in [3.63, 3.8) is 0 Å². The quantitative estimate of drug-likeness (QED) is 0.684. The number of hydrogen-bond donors (Lipinski definition) is 1. The van der Waals surface area contributed by atoms with Gasteiger partial charge in [0.15, 0.2) is 0 Å². The van der Waals surface area contributed by atoms with Gasteiger partial charge in [0.1, 0.15) is 0 Å². The number of hydrogen-bond acceptors (Lipinski definition) is 2. The fourth-order valence-corrected chi connectivity index (χ4v) is 2.75. The van der Waals surface area contributed by atoms with Gasteiger partial charge in [0.25, 0.3) is 0 Å². The van der Waals surface area contributed by atoms with Gasteiger partial charge in [-0.2, -0.15) is 0 Å². The van der Waals surface area contributed by atoms with Crippen LogP contribution in [0.2, 0.25) is 0 Å². The van der Waals surface area contributed by atoms with E-state index in [1.54, 1.807) is 0 Å². The van der Waals surface area contributed by atoms with Crippen LogP contribution in [0.4, 0.5) is 0 Å². The maximum atomic E-state index is 4.41. The maximum absolute atomic E-state index is 4.41. The van der Waals surface area contributed by atoms with E-state index < -0.39 is 0 Å². The predicted octanol–water partition coefficient (Wildman–Crippen LogP) is 2.24. The molecule has 1 rings (SSSR count). The Morgan fingerprint density at radius 3 is 2.28 bits per heavy atom. The van der Waals surface area contributed by atoms with Crippen molar-refractivity contribution in [2.45, 2.75) is 65.0 Å². The Hall–Kier alpha value is -0.120. The van der Waals surface area contributed by atoms with Crippen LogP contribution < -0.4 is 10.6 Å². The second-order valence-corrected chi connectivity index (χ2v) is 5.64. The van der Waals surface area contributed by atoms with Crippen molar-refractivity contribution in [2.24, 2.45) is 0 Å². The van der Waals surface area contributed by atoms with Crippen LogP contribution >= 0.6 is 0 Å². The Kier molecular flexibility index (Phi) is 8.64. The number of nitrogens with one attached hydrogen (secondary N) is 1. The lowest BCUT2D eigenvalue weighted by molar-refractivity contribution is 0.250. The first-order valence-corrected chi connectivity index (χ1v) is 7.87. The van der Waals surface area contributed by atoms with E-state index in [2.05, 4.69) is 36.3 Å². The van der Waals surface area contributed by atoms with Gasteiger partial charge in [-0.05, 0) is 58.7 Å². The summed E-state index contributed by atoms with van der Waals surface area (Å²) in [6, 6.07) is 1.35. The molecule has 0 aromatic carbocycles. The van der Waals surface area contributed by atoms with E-state index in [-0.39, 0.29) is 0 Å². The fourth-order valence-electron chi connectivity index (χ4n) is 2.75. The van der Waals surface area contributed by atoms with Gasteiger partial charge in [0.05, 0.1) is 0 Å². The molecule has 0 spiro atoms. The van der Waals surface area contributed by atoms with Crippen LogP contribution in [-0.2, 0) is 0 Å². The molecule has 1 saturated heterocycles. The van der Waals surface area contributed by atoms with Crippen LogP contribution in [0.5, 0.6) is 0 Å². The average Bonchev–Trinajstić information content (AvgIpc) is 2.38. The molecule has 1 fully saturated rings. The molecule has 0 aliphatic carbocycles. The molecular formula is C15H32N3. The molecule has 1 atom stereocenters. The van der Waals surface area contributed by atoms with Crippen molar-refractivity contribution >= 4 is 0 Å². The molecule has 1 aliphatic rings. The van der Waals surface area contributed by atoms with E-state index in [1.807, 2.05) is 0 Å². The highest BCUT2D eigenvalue weighted by Gasteiger charge is 2.16. The minimum Gasteiger partial charge on any atom is -0.311 e. The molecule has 0 amide bonds. The van der Waals surface area contributed by atoms with Crippen LogP contribution in [0.15, 0.2) is 0 Å². The van der Waals surface area contributed by atoms with Gasteiger partial charge in [-0.1, -0.05) is 13.8 Å². The second kappa shape index (κ2) is 9.76. The van der Waals surface area contributed by atoms with Crippen molar-refractivity contribution in [3.05, 3.63) is 0 Å². The third-order valence-corrected chi connectivity index (χ3v) is 3.75. The lowest BCUT2D eigenvalue weighted by Gasteiger charge is -2.28. The third-order valence-electron chi connectivity index (χ3n) is 3.75. The SMILES string of the molecule is CCCN(CCC)CCC(C)NC1CC[N]CC1. The van der Waals surface area contributed by atoms with Gasteiger partial charge in [-0.3, -0.25) is 0 Å². The molecule has 107 valence electrons. The standard InChI is InChI=1S/C15H32N3/c1-4-11-18(12-5-2)13-8-14(3)17-15-6-9-16-10-7-15/h14-15,17H,4-13H2,1-3H3. The van der Waals surface area contributed by atoms with Gasteiger partial charge in [-0.15, -0.1) is 0 Å². The van der Waals surface area contributed by atoms with E-state index in [1.165, 1.54) is 51.7 Å². The Balaban J connectivity index is 2.15. The van der Waals surface area contributed by atoms with E-state index in [0.717, 1.165) is 13.1 Å². The van der Waals surface area contributed by atoms with Crippen LogP contribution in [0.3, 0.4) is 0 Å². The van der Waals surface area contributed by atoms with Crippen molar-refractivity contribution < 1.29 is 0 Å². The van der Waals surface area contributed by atoms with Crippen molar-refractivity contribution in [2.75, 3.05) is 32.7 Å². The summed E-state index contributed by atoms with van der Waals surface area (Å²) in [6.07, 6.45) is 6.28. The fraction of sp³-hybridized carbons (Fsp3) is 1.00. The summed E-state index contributed by atoms with van der Waals surface area (Å²) in [5.41, 5.74) is 0. The van der Waals surface area contributed by atoms with E-state index in [0.29, 0.717) is 12.1 Å². The lowest BCUT2D eigenvalue weighted by Crippen LogP contribution is -2.43. The second-order valence-electron chi connectivity index (χ2n) is 5.64. The average molecular weight is 254 g/mol. The van der Waals surface area contributed by atoms with Crippen molar-refractivity contribution in [1.29, 1.82) is 0 Å². The Labute approximate surface area is 114 Å². The summed E-state index contributed by atoms with van der Waals surface area (Å²) in [6.45, 7) is 12.7. The van der Waals surface area contributed by atoms with Crippen LogP contribution in [0, 0.1) is 0 Å². The smallest absolute Gasteiger partial charge is 0.0148 e. The zero-order valence-corrected chi connectivity index (χ0v) is 12.6. The summed E-state index contributed by atoms with van der Waals surface area (Å²) in [7, 11) is 0. The Bertz CT molecular complexity index is 184. The van der Waals surface area contributed by atoms with Crippen LogP contribution in [0.1, 0.15) is 52.9 Å². The van der Waals surface area contributed by atoms with Gasteiger partial charge >= 0.3 is 0 Å². The minimum atomic E-state index is 0.643. The molecule has 1 radical (unpaired) electrons. The van der Waals surface area contributed by atoms with Gasteiger partial charge < -0.3 is 10.2 Å². The largest absolute Gasteiger partial charge is 0.311 e. The number of nitrogens with zero attached hydrogens (tertiary/aromatic N) is 2. The maximum Gasteiger partial charge on any atom is 0.0148 e.